The maximum absolute atomic E-state index is 10.3. The number of hydrogen-bond donors (Lipinski definition) is 1. The first-order valence-electron chi connectivity index (χ1n) is 7.42. The van der Waals surface area contributed by atoms with E-state index in [9.17, 15) is 5.11 Å². The van der Waals surface area contributed by atoms with E-state index in [1.165, 1.54) is 22.0 Å². The van der Waals surface area contributed by atoms with Gasteiger partial charge in [0.15, 0.2) is 0 Å². The van der Waals surface area contributed by atoms with Crippen LogP contribution in [0.25, 0.3) is 0 Å². The first-order valence-corrected chi connectivity index (χ1v) is 12.7. The Morgan fingerprint density at radius 2 is 1.75 bits per heavy atom. The Morgan fingerprint density at radius 1 is 1.12 bits per heavy atom. The van der Waals surface area contributed by atoms with Crippen molar-refractivity contribution in [3.8, 4) is 5.75 Å². The minimum atomic E-state index is -0.556. The molecular formula is C18H22Cl2NOPTi. The molecular weight excluding hydrogens is 396 g/mol. The maximum atomic E-state index is 10.3. The zero-order valence-electron chi connectivity index (χ0n) is 14.5. The molecule has 2 aromatic carbocycles. The van der Waals surface area contributed by atoms with Crippen LogP contribution in [0.4, 0.5) is 0 Å². The van der Waals surface area contributed by atoms with E-state index in [0.717, 1.165) is 16.6 Å². The molecule has 0 aliphatic heterocycles. The topological polar surface area (TPSA) is 32.6 Å². The van der Waals surface area contributed by atoms with Crippen molar-refractivity contribution in [2.75, 3.05) is 7.05 Å². The third-order valence-electron chi connectivity index (χ3n) is 3.70. The second-order valence-corrected chi connectivity index (χ2v) is 9.35. The fourth-order valence-electron chi connectivity index (χ4n) is 2.45. The first-order chi connectivity index (χ1) is 11.3. The number of rotatable bonds is 3. The van der Waals surface area contributed by atoms with Gasteiger partial charge in [-0.25, -0.2) is 0 Å². The molecule has 1 atom stereocenters. The van der Waals surface area contributed by atoms with E-state index >= 15 is 0 Å². The summed E-state index contributed by atoms with van der Waals surface area (Å²) < 4.78 is 0. The molecule has 0 amide bonds. The van der Waals surface area contributed by atoms with Gasteiger partial charge in [0.25, 0.3) is 0 Å². The SMILES string of the molecule is CN=C(C)c1cccc(C)c1Pc1cc(C)cc(C)c1O.[Cl][Ti][Cl]. The van der Waals surface area contributed by atoms with Crippen LogP contribution in [0.2, 0.25) is 0 Å². The summed E-state index contributed by atoms with van der Waals surface area (Å²) in [5.74, 6) is 0.416. The van der Waals surface area contributed by atoms with E-state index < -0.39 is 17.0 Å². The summed E-state index contributed by atoms with van der Waals surface area (Å²) in [6.45, 7) is 8.17. The third kappa shape index (κ3) is 5.86. The van der Waals surface area contributed by atoms with Crippen molar-refractivity contribution >= 4 is 43.5 Å². The zero-order valence-corrected chi connectivity index (χ0v) is 18.6. The Labute approximate surface area is 163 Å². The molecule has 6 heteroatoms. The molecule has 0 saturated heterocycles. The predicted molar refractivity (Wildman–Crippen MR) is 106 cm³/mol. The van der Waals surface area contributed by atoms with Crippen LogP contribution in [0, 0.1) is 20.8 Å². The van der Waals surface area contributed by atoms with Gasteiger partial charge in [0.2, 0.25) is 0 Å². The summed E-state index contributed by atoms with van der Waals surface area (Å²) in [6, 6.07) is 10.4. The second kappa shape index (κ2) is 10.6. The summed E-state index contributed by atoms with van der Waals surface area (Å²) in [6.07, 6.45) is 0. The number of aryl methyl sites for hydroxylation is 3. The summed E-state index contributed by atoms with van der Waals surface area (Å²) in [5, 5.41) is 12.6. The number of halogens is 2. The molecule has 0 aliphatic carbocycles. The van der Waals surface area contributed by atoms with Crippen molar-refractivity contribution in [3.63, 3.8) is 0 Å². The number of benzene rings is 2. The molecule has 128 valence electrons. The molecule has 0 aliphatic rings. The van der Waals surface area contributed by atoms with Crippen molar-refractivity contribution in [2.45, 2.75) is 27.7 Å². The number of phenolic OH excluding ortho intramolecular Hbond substituents is 1. The van der Waals surface area contributed by atoms with Crippen LogP contribution in [0.1, 0.15) is 29.2 Å². The molecule has 1 unspecified atom stereocenters. The fraction of sp³-hybridized carbons (Fsp3) is 0.278. The molecule has 0 saturated carbocycles. The number of aromatic hydroxyl groups is 1. The van der Waals surface area contributed by atoms with Crippen LogP contribution >= 0.6 is 27.2 Å². The van der Waals surface area contributed by atoms with Gasteiger partial charge >= 0.3 is 35.6 Å². The molecule has 2 nitrogen and oxygen atoms in total. The third-order valence-corrected chi connectivity index (χ3v) is 5.27. The molecule has 0 aromatic heterocycles. The average molecular weight is 418 g/mol. The Kier molecular flexibility index (Phi) is 9.56. The van der Waals surface area contributed by atoms with E-state index in [4.69, 9.17) is 18.6 Å². The van der Waals surface area contributed by atoms with Crippen molar-refractivity contribution in [2.24, 2.45) is 4.99 Å². The standard InChI is InChI=1S/C18H22NOP.2ClH.Ti/c1-11-9-13(3)17(20)16(10-11)21-18-12(2)7-6-8-15(18)14(4)19-5;;;/h6-10,20-21H,1-5H3;2*1H;/q;;;+2/p-2. The number of nitrogens with zero attached hydrogens (tertiary/aromatic N) is 1. The summed E-state index contributed by atoms with van der Waals surface area (Å²) in [5.41, 5.74) is 5.57. The van der Waals surface area contributed by atoms with Crippen molar-refractivity contribution < 1.29 is 22.1 Å². The summed E-state index contributed by atoms with van der Waals surface area (Å²) in [7, 11) is 12.0. The van der Waals surface area contributed by atoms with Crippen LogP contribution in [-0.4, -0.2) is 17.9 Å². The zero-order chi connectivity index (χ0) is 18.3. The van der Waals surface area contributed by atoms with Crippen LogP contribution in [-0.2, 0) is 17.0 Å². The van der Waals surface area contributed by atoms with Crippen LogP contribution < -0.4 is 10.6 Å². The van der Waals surface area contributed by atoms with E-state index in [-0.39, 0.29) is 0 Å². The molecule has 1 N–H and O–H groups in total. The first kappa shape index (κ1) is 21.7. The normalized spacial score (nSPS) is 11.4. The number of hydrogen-bond acceptors (Lipinski definition) is 2. The van der Waals surface area contributed by atoms with Gasteiger partial charge in [0.05, 0.1) is 0 Å². The van der Waals surface area contributed by atoms with Crippen LogP contribution in [0.15, 0.2) is 35.3 Å². The Morgan fingerprint density at radius 3 is 2.33 bits per heavy atom. The van der Waals surface area contributed by atoms with Gasteiger partial charge in [0, 0.05) is 23.6 Å². The van der Waals surface area contributed by atoms with E-state index in [0.29, 0.717) is 14.3 Å². The number of phenols is 1. The quantitative estimate of drug-likeness (QED) is 0.435. The summed E-state index contributed by atoms with van der Waals surface area (Å²) in [4.78, 5) is 4.32. The molecule has 2 rings (SSSR count). The minimum absolute atomic E-state index is 0.416. The van der Waals surface area contributed by atoms with Gasteiger partial charge in [-0.2, -0.15) is 0 Å². The molecule has 0 spiro atoms. The van der Waals surface area contributed by atoms with Crippen molar-refractivity contribution in [3.05, 3.63) is 52.6 Å². The van der Waals surface area contributed by atoms with E-state index in [2.05, 4.69) is 43.1 Å². The van der Waals surface area contributed by atoms with Crippen molar-refractivity contribution in [1.29, 1.82) is 0 Å². The molecule has 0 heterocycles. The Balaban J connectivity index is 0.000000891. The predicted octanol–water partition coefficient (Wildman–Crippen LogP) is 4.76. The van der Waals surface area contributed by atoms with Gasteiger partial charge in [-0.1, -0.05) is 32.8 Å². The summed E-state index contributed by atoms with van der Waals surface area (Å²) >= 11 is -0.556. The Bertz CT molecular complexity index is 735. The molecule has 24 heavy (non-hydrogen) atoms. The Hall–Kier alpha value is -0.366. The second-order valence-electron chi connectivity index (χ2n) is 5.48. The van der Waals surface area contributed by atoms with Crippen LogP contribution in [0.5, 0.6) is 5.75 Å². The molecule has 2 aromatic rings. The molecule has 0 fully saturated rings. The van der Waals surface area contributed by atoms with E-state index in [1.54, 1.807) is 0 Å². The van der Waals surface area contributed by atoms with Gasteiger partial charge in [0.1, 0.15) is 5.75 Å². The van der Waals surface area contributed by atoms with Gasteiger partial charge in [-0.05, 0) is 55.8 Å². The average Bonchev–Trinajstić information content (AvgIpc) is 2.53. The molecule has 0 bridgehead atoms. The van der Waals surface area contributed by atoms with Crippen LogP contribution in [0.3, 0.4) is 0 Å². The van der Waals surface area contributed by atoms with Gasteiger partial charge in [-0.3, -0.25) is 4.99 Å². The van der Waals surface area contributed by atoms with Gasteiger partial charge in [-0.15, -0.1) is 0 Å². The monoisotopic (exact) mass is 417 g/mol. The van der Waals surface area contributed by atoms with Crippen molar-refractivity contribution in [1.82, 2.24) is 0 Å². The van der Waals surface area contributed by atoms with Gasteiger partial charge < -0.3 is 5.11 Å². The fourth-order valence-corrected chi connectivity index (χ4v) is 4.01. The number of aliphatic imine (C=N–C) groups is 1. The molecule has 0 radical (unpaired) electrons. The van der Waals surface area contributed by atoms with E-state index in [1.807, 2.05) is 27.0 Å².